The van der Waals surface area contributed by atoms with Gasteiger partial charge in [-0.3, -0.25) is 14.9 Å². The molecule has 11 nitrogen and oxygen atoms in total. The predicted molar refractivity (Wildman–Crippen MR) is 227 cm³/mol. The van der Waals surface area contributed by atoms with Gasteiger partial charge in [0.25, 0.3) is 0 Å². The second-order valence-electron chi connectivity index (χ2n) is 15.0. The molecule has 1 aliphatic carbocycles. The Hall–Kier alpha value is -3.82. The highest BCUT2D eigenvalue weighted by Crippen LogP contribution is 2.48. The summed E-state index contributed by atoms with van der Waals surface area (Å²) in [5.74, 6) is 0.859. The van der Waals surface area contributed by atoms with Crippen LogP contribution in [0.15, 0.2) is 60.7 Å². The molecule has 2 heterocycles. The Kier molecular flexibility index (Phi) is 15.2. The van der Waals surface area contributed by atoms with Gasteiger partial charge in [-0.25, -0.2) is 0 Å². The molecule has 1 saturated carbocycles. The number of phenolic OH excluding ortho intramolecular Hbond substituents is 2. The molecule has 0 radical (unpaired) electrons. The number of phenols is 2. The average molecular weight is 819 g/mol. The van der Waals surface area contributed by atoms with Crippen molar-refractivity contribution in [2.45, 2.75) is 94.3 Å². The van der Waals surface area contributed by atoms with E-state index < -0.39 is 18.4 Å². The number of nitrogens with one attached hydrogen (secondary N) is 2. The second-order valence-corrected chi connectivity index (χ2v) is 17.6. The molecule has 2 bridgehead atoms. The van der Waals surface area contributed by atoms with Crippen LogP contribution in [0.4, 0.5) is 5.69 Å². The van der Waals surface area contributed by atoms with E-state index in [-0.39, 0.29) is 66.8 Å². The number of hydrogen-bond donors (Lipinski definition) is 7. The van der Waals surface area contributed by atoms with E-state index in [1.165, 1.54) is 14.0 Å². The van der Waals surface area contributed by atoms with Crippen molar-refractivity contribution in [1.82, 2.24) is 5.32 Å². The quantitative estimate of drug-likeness (QED) is 0.0411. The maximum Gasteiger partial charge on any atom is 0.168 e. The Morgan fingerprint density at radius 3 is 2.58 bits per heavy atom. The van der Waals surface area contributed by atoms with Gasteiger partial charge in [0.2, 0.25) is 0 Å². The normalized spacial score (nSPS) is 20.8. The van der Waals surface area contributed by atoms with E-state index in [2.05, 4.69) is 10.6 Å². The van der Waals surface area contributed by atoms with Crippen LogP contribution in [0.5, 0.6) is 17.2 Å². The number of hydrogen-bond acceptors (Lipinski definition) is 13. The van der Waals surface area contributed by atoms with Gasteiger partial charge in [-0.15, -0.1) is 0 Å². The number of rotatable bonds is 13. The van der Waals surface area contributed by atoms with E-state index in [1.54, 1.807) is 39.8 Å². The minimum Gasteiger partial charge on any atom is -0.508 e. The molecule has 5 atom stereocenters. The summed E-state index contributed by atoms with van der Waals surface area (Å²) in [5.41, 5.74) is 5.34. The van der Waals surface area contributed by atoms with Crippen LogP contribution in [0.25, 0.3) is 21.9 Å². The van der Waals surface area contributed by atoms with E-state index in [0.29, 0.717) is 60.5 Å². The lowest BCUT2D eigenvalue weighted by Gasteiger charge is -2.38. The molecular weight excluding hydrogens is 765 g/mol. The first-order valence-corrected chi connectivity index (χ1v) is 22.1. The highest BCUT2D eigenvalue weighted by molar-refractivity contribution is 8.76. The monoisotopic (exact) mass is 818 g/mol. The lowest BCUT2D eigenvalue weighted by atomic mass is 9.81. The molecule has 7 rings (SSSR count). The smallest absolute Gasteiger partial charge is 0.168 e. The van der Waals surface area contributed by atoms with Crippen molar-refractivity contribution in [3.63, 3.8) is 0 Å². The van der Waals surface area contributed by atoms with Crippen LogP contribution in [0.2, 0.25) is 0 Å². The zero-order valence-electron chi connectivity index (χ0n) is 32.5. The molecule has 2 aliphatic heterocycles. The van der Waals surface area contributed by atoms with Crippen LogP contribution in [0.1, 0.15) is 80.4 Å². The number of aromatic hydroxyl groups is 2. The van der Waals surface area contributed by atoms with Gasteiger partial charge in [-0.2, -0.15) is 0 Å². The zero-order chi connectivity index (χ0) is 40.5. The molecule has 13 heteroatoms. The number of Topliss-reactive ketones (excluding diaryl/α,β-unsaturated/α-hetero) is 2. The van der Waals surface area contributed by atoms with Crippen molar-refractivity contribution >= 4 is 49.6 Å². The van der Waals surface area contributed by atoms with Crippen LogP contribution in [0.3, 0.4) is 0 Å². The number of ketones is 2. The summed E-state index contributed by atoms with van der Waals surface area (Å²) < 4.78 is 12.7. The molecule has 7 N–H and O–H groups in total. The summed E-state index contributed by atoms with van der Waals surface area (Å²) in [5, 5.41) is 61.2. The van der Waals surface area contributed by atoms with Gasteiger partial charge in [0.1, 0.15) is 23.5 Å². The molecule has 0 amide bonds. The Morgan fingerprint density at radius 1 is 1.00 bits per heavy atom. The van der Waals surface area contributed by atoms with Gasteiger partial charge in [0.15, 0.2) is 11.5 Å². The van der Waals surface area contributed by atoms with Gasteiger partial charge in [0, 0.05) is 47.3 Å². The van der Waals surface area contributed by atoms with Gasteiger partial charge in [-0.1, -0.05) is 51.9 Å². The number of aliphatic hydroxyl groups is 3. The summed E-state index contributed by atoms with van der Waals surface area (Å²) in [6.07, 6.45) is 2.14. The van der Waals surface area contributed by atoms with Crippen molar-refractivity contribution in [2.24, 2.45) is 5.92 Å². The second kappa shape index (κ2) is 20.2. The Labute approximate surface area is 342 Å². The summed E-state index contributed by atoms with van der Waals surface area (Å²) >= 11 is 0. The summed E-state index contributed by atoms with van der Waals surface area (Å²) in [4.78, 5) is 25.8. The predicted octanol–water partition coefficient (Wildman–Crippen LogP) is 7.18. The fourth-order valence-electron chi connectivity index (χ4n) is 7.98. The summed E-state index contributed by atoms with van der Waals surface area (Å²) in [7, 11) is 4.82. The van der Waals surface area contributed by atoms with Crippen molar-refractivity contribution < 1.29 is 44.6 Å². The van der Waals surface area contributed by atoms with Crippen molar-refractivity contribution in [3.05, 3.63) is 82.9 Å². The third kappa shape index (κ3) is 10.6. The minimum absolute atomic E-state index is 0.00542. The number of aryl methyl sites for hydroxylation is 1. The molecule has 0 spiro atoms. The molecule has 4 aromatic carbocycles. The van der Waals surface area contributed by atoms with Crippen molar-refractivity contribution in [3.8, 4) is 28.4 Å². The fourth-order valence-corrected chi connectivity index (χ4v) is 10.9. The zero-order valence-corrected chi connectivity index (χ0v) is 34.2. The van der Waals surface area contributed by atoms with Crippen LogP contribution < -0.4 is 15.4 Å². The number of carbonyl (C=O) groups is 2. The molecule has 0 aromatic heterocycles. The number of carbonyl (C=O) groups excluding carboxylic acids is 2. The lowest BCUT2D eigenvalue weighted by molar-refractivity contribution is -0.128. The lowest BCUT2D eigenvalue weighted by Crippen LogP contribution is -2.40. The van der Waals surface area contributed by atoms with E-state index >= 15 is 0 Å². The van der Waals surface area contributed by atoms with E-state index in [9.17, 15) is 35.1 Å². The molecule has 5 unspecified atom stereocenters. The Balaban J connectivity index is 1.35. The van der Waals surface area contributed by atoms with E-state index in [1.807, 2.05) is 42.5 Å². The minimum atomic E-state index is -0.655. The number of fused-ring (bicyclic) bond motifs is 9. The molecule has 1 fully saturated rings. The molecule has 3 aliphatic rings. The fraction of sp³-hybridized carbons (Fsp3) is 0.455. The number of unbranched alkanes of at least 4 members (excludes halogenated alkanes) is 1. The maximum atomic E-state index is 14.1. The number of anilines is 1. The molecule has 57 heavy (non-hydrogen) atoms. The van der Waals surface area contributed by atoms with Crippen LogP contribution in [-0.4, -0.2) is 81.4 Å². The number of ether oxygens (including phenoxy) is 2. The first-order chi connectivity index (χ1) is 27.6. The van der Waals surface area contributed by atoms with E-state index in [4.69, 9.17) is 9.47 Å². The summed E-state index contributed by atoms with van der Waals surface area (Å²) in [6.45, 7) is 1.96. The van der Waals surface area contributed by atoms with Gasteiger partial charge >= 0.3 is 0 Å². The largest absolute Gasteiger partial charge is 0.508 e. The molecule has 4 aromatic rings. The van der Waals surface area contributed by atoms with Crippen LogP contribution in [0, 0.1) is 5.92 Å². The third-order valence-electron chi connectivity index (χ3n) is 11.0. The highest BCUT2D eigenvalue weighted by atomic mass is 33.1. The Morgan fingerprint density at radius 2 is 1.82 bits per heavy atom. The SMILES string of the molecule is COc1c(O)ccc2c1-c1ccc3ccc(O)cc3c1CSSC1CCC(CC1O)C(OC(NCCCCO)c1ccc(NCC(C)=O)c(CO)c1)CC(=O)CC2. The van der Waals surface area contributed by atoms with Crippen LogP contribution in [-0.2, 0) is 33.1 Å². The van der Waals surface area contributed by atoms with Crippen molar-refractivity contribution in [2.75, 3.05) is 32.1 Å². The van der Waals surface area contributed by atoms with Gasteiger partial charge in [0.05, 0.1) is 32.5 Å². The third-order valence-corrected chi connectivity index (χ3v) is 13.8. The number of benzene rings is 4. The van der Waals surface area contributed by atoms with E-state index in [0.717, 1.165) is 45.9 Å². The summed E-state index contributed by atoms with van der Waals surface area (Å²) in [6, 6.07) is 18.3. The van der Waals surface area contributed by atoms with Gasteiger partial charge < -0.3 is 40.3 Å². The number of methoxy groups -OCH3 is 1. The maximum absolute atomic E-state index is 14.1. The molecular formula is C44H54N2O9S2. The molecule has 306 valence electrons. The molecule has 0 saturated heterocycles. The first-order valence-electron chi connectivity index (χ1n) is 19.7. The van der Waals surface area contributed by atoms with Crippen LogP contribution >= 0.6 is 21.6 Å². The average Bonchev–Trinajstić information content (AvgIpc) is 3.20. The topological polar surface area (TPSA) is 178 Å². The first kappa shape index (κ1) is 42.8. The standard InChI is InChI=1S/C44H54N2O9S2/c1-26(49)23-46-37-14-8-30(19-31(37)24-48)44(45-17-3-4-18-47)55-40-22-33(51)12-6-28-9-15-38(52)43(54-2)42(28)34-13-7-27-5-11-32(50)21-35(27)36(34)25-56-57-41-16-10-29(40)20-39(41)53/h5,7-9,11,13-15,19,21,29,39-41,44-48,50,52-53H,3-4,6,10,12,16-18,20,22-25H2,1-2H3. The van der Waals surface area contributed by atoms with Crippen molar-refractivity contribution in [1.29, 1.82) is 0 Å². The Bertz CT molecular complexity index is 2030. The highest BCUT2D eigenvalue weighted by Gasteiger charge is 2.37. The van der Waals surface area contributed by atoms with Gasteiger partial charge in [-0.05, 0) is 121 Å². The number of aliphatic hydroxyl groups excluding tert-OH is 3.